The Hall–Kier alpha value is -1.43. The second-order valence-corrected chi connectivity index (χ2v) is 5.53. The molecule has 1 aliphatic carbocycles. The lowest BCUT2D eigenvalue weighted by molar-refractivity contribution is -0.175. The highest BCUT2D eigenvalue weighted by Gasteiger charge is 2.51. The Morgan fingerprint density at radius 2 is 1.63 bits per heavy atom. The van der Waals surface area contributed by atoms with E-state index in [0.717, 1.165) is 12.8 Å². The number of fused-ring (bicyclic) bond motifs is 2. The summed E-state index contributed by atoms with van der Waals surface area (Å²) in [5.74, 6) is -2.21. The predicted octanol–water partition coefficient (Wildman–Crippen LogP) is 0.546. The fraction of sp³-hybridized carbons (Fsp3) is 0.769. The molecule has 3 fully saturated rings. The number of aliphatic carboxylic acids is 1. The van der Waals surface area contributed by atoms with Crippen LogP contribution in [0.5, 0.6) is 0 Å². The minimum absolute atomic E-state index is 0.336. The Morgan fingerprint density at radius 3 is 2.21 bits per heavy atom. The van der Waals surface area contributed by atoms with Crippen LogP contribution >= 0.6 is 0 Å². The van der Waals surface area contributed by atoms with Crippen molar-refractivity contribution in [3.8, 4) is 0 Å². The van der Waals surface area contributed by atoms with Crippen LogP contribution < -0.4 is 0 Å². The number of likely N-dealkylation sites (tertiary alicyclic amines) is 1. The summed E-state index contributed by atoms with van der Waals surface area (Å²) in [6.07, 6.45) is 2.88. The molecule has 2 aliphatic heterocycles. The number of carbonyl (C=O) groups is 3. The van der Waals surface area contributed by atoms with E-state index in [1.165, 1.54) is 4.90 Å². The fourth-order valence-corrected chi connectivity index (χ4v) is 3.45. The third kappa shape index (κ3) is 1.94. The maximum atomic E-state index is 12.2. The van der Waals surface area contributed by atoms with Gasteiger partial charge in [-0.3, -0.25) is 19.3 Å². The standard InChI is InChI=1S/C13H17NO5/c15-11-9-5-6-10(19-9)12(16)14(11)8-4-2-1-3-7(8)13(17)18/h7-10H,1-6H2,(H,17,18). The highest BCUT2D eigenvalue weighted by molar-refractivity contribution is 6.03. The van der Waals surface area contributed by atoms with Crippen molar-refractivity contribution >= 4 is 17.8 Å². The number of rotatable bonds is 2. The van der Waals surface area contributed by atoms with E-state index in [2.05, 4.69) is 0 Å². The number of morpholine rings is 1. The molecule has 2 saturated heterocycles. The minimum Gasteiger partial charge on any atom is -0.481 e. The van der Waals surface area contributed by atoms with Crippen molar-refractivity contribution in [3.63, 3.8) is 0 Å². The summed E-state index contributed by atoms with van der Waals surface area (Å²) in [6, 6.07) is -0.488. The Morgan fingerprint density at radius 1 is 1.05 bits per heavy atom. The van der Waals surface area contributed by atoms with Gasteiger partial charge in [0.1, 0.15) is 12.2 Å². The quantitative estimate of drug-likeness (QED) is 0.738. The van der Waals surface area contributed by atoms with Crippen LogP contribution in [0.25, 0.3) is 0 Å². The summed E-state index contributed by atoms with van der Waals surface area (Å²) in [5.41, 5.74) is 0. The smallest absolute Gasteiger partial charge is 0.308 e. The van der Waals surface area contributed by atoms with Gasteiger partial charge in [0.25, 0.3) is 11.8 Å². The van der Waals surface area contributed by atoms with Gasteiger partial charge < -0.3 is 9.84 Å². The number of carboxylic acids is 1. The zero-order chi connectivity index (χ0) is 13.6. The van der Waals surface area contributed by atoms with E-state index in [0.29, 0.717) is 25.7 Å². The molecule has 3 aliphatic rings. The van der Waals surface area contributed by atoms with Crippen LogP contribution in [-0.4, -0.2) is 46.0 Å². The van der Waals surface area contributed by atoms with E-state index in [1.54, 1.807) is 0 Å². The average Bonchev–Trinajstić information content (AvgIpc) is 2.84. The molecular formula is C13H17NO5. The van der Waals surface area contributed by atoms with Gasteiger partial charge in [-0.05, 0) is 25.7 Å². The first-order chi connectivity index (χ1) is 9.09. The van der Waals surface area contributed by atoms with E-state index in [-0.39, 0.29) is 11.8 Å². The molecule has 104 valence electrons. The first-order valence-corrected chi connectivity index (χ1v) is 6.85. The number of imide groups is 1. The molecule has 2 heterocycles. The maximum Gasteiger partial charge on any atom is 0.308 e. The van der Waals surface area contributed by atoms with Crippen molar-refractivity contribution in [3.05, 3.63) is 0 Å². The molecule has 3 rings (SSSR count). The lowest BCUT2D eigenvalue weighted by Crippen LogP contribution is -2.59. The van der Waals surface area contributed by atoms with Crippen molar-refractivity contribution in [1.29, 1.82) is 0 Å². The maximum absolute atomic E-state index is 12.2. The van der Waals surface area contributed by atoms with Gasteiger partial charge in [0.2, 0.25) is 0 Å². The summed E-state index contributed by atoms with van der Waals surface area (Å²) < 4.78 is 5.35. The molecule has 19 heavy (non-hydrogen) atoms. The minimum atomic E-state index is -0.913. The SMILES string of the molecule is O=C(O)C1CCCCC1N1C(=O)C2CCC(O2)C1=O. The number of amides is 2. The molecule has 4 atom stereocenters. The second kappa shape index (κ2) is 4.59. The van der Waals surface area contributed by atoms with Crippen molar-refractivity contribution in [1.82, 2.24) is 4.90 Å². The van der Waals surface area contributed by atoms with Crippen molar-refractivity contribution < 1.29 is 24.2 Å². The van der Waals surface area contributed by atoms with E-state index < -0.39 is 30.1 Å². The largest absolute Gasteiger partial charge is 0.481 e. The van der Waals surface area contributed by atoms with Gasteiger partial charge in [-0.25, -0.2) is 0 Å². The molecular weight excluding hydrogens is 250 g/mol. The number of nitrogens with zero attached hydrogens (tertiary/aromatic N) is 1. The van der Waals surface area contributed by atoms with E-state index in [4.69, 9.17) is 4.74 Å². The molecule has 1 N–H and O–H groups in total. The van der Waals surface area contributed by atoms with Gasteiger partial charge in [0, 0.05) is 0 Å². The van der Waals surface area contributed by atoms with Gasteiger partial charge in [-0.1, -0.05) is 12.8 Å². The third-order valence-corrected chi connectivity index (χ3v) is 4.42. The zero-order valence-electron chi connectivity index (χ0n) is 10.6. The molecule has 4 unspecified atom stereocenters. The topological polar surface area (TPSA) is 83.9 Å². The number of hydrogen-bond acceptors (Lipinski definition) is 4. The number of carboxylic acid groups (broad SMARTS) is 1. The average molecular weight is 267 g/mol. The zero-order valence-corrected chi connectivity index (χ0v) is 10.6. The van der Waals surface area contributed by atoms with Gasteiger partial charge in [0.15, 0.2) is 0 Å². The third-order valence-electron chi connectivity index (χ3n) is 4.42. The monoisotopic (exact) mass is 267 g/mol. The Kier molecular flexibility index (Phi) is 3.05. The van der Waals surface area contributed by atoms with Gasteiger partial charge >= 0.3 is 5.97 Å². The Labute approximate surface area is 110 Å². The van der Waals surface area contributed by atoms with Gasteiger partial charge in [-0.15, -0.1) is 0 Å². The van der Waals surface area contributed by atoms with E-state index in [1.807, 2.05) is 0 Å². The Balaban J connectivity index is 1.88. The molecule has 1 saturated carbocycles. The molecule has 2 amide bonds. The van der Waals surface area contributed by atoms with Crippen LogP contribution in [-0.2, 0) is 19.1 Å². The van der Waals surface area contributed by atoms with Crippen molar-refractivity contribution in [2.45, 2.75) is 56.8 Å². The van der Waals surface area contributed by atoms with Gasteiger partial charge in [-0.2, -0.15) is 0 Å². The highest BCUT2D eigenvalue weighted by Crippen LogP contribution is 2.35. The summed E-state index contributed by atoms with van der Waals surface area (Å²) in [4.78, 5) is 37.0. The second-order valence-electron chi connectivity index (χ2n) is 5.53. The number of hydrogen-bond donors (Lipinski definition) is 1. The summed E-state index contributed by atoms with van der Waals surface area (Å²) in [6.45, 7) is 0. The van der Waals surface area contributed by atoms with Gasteiger partial charge in [0.05, 0.1) is 12.0 Å². The molecule has 6 heteroatoms. The van der Waals surface area contributed by atoms with Crippen LogP contribution in [0.15, 0.2) is 0 Å². The summed E-state index contributed by atoms with van der Waals surface area (Å²) in [5, 5.41) is 9.28. The highest BCUT2D eigenvalue weighted by atomic mass is 16.5. The molecule has 6 nitrogen and oxygen atoms in total. The lowest BCUT2D eigenvalue weighted by atomic mass is 9.83. The van der Waals surface area contributed by atoms with E-state index in [9.17, 15) is 19.5 Å². The first-order valence-electron chi connectivity index (χ1n) is 6.85. The molecule has 0 aromatic carbocycles. The summed E-state index contributed by atoms with van der Waals surface area (Å²) in [7, 11) is 0. The van der Waals surface area contributed by atoms with E-state index >= 15 is 0 Å². The van der Waals surface area contributed by atoms with Crippen LogP contribution in [0.1, 0.15) is 38.5 Å². The van der Waals surface area contributed by atoms with Crippen LogP contribution in [0, 0.1) is 5.92 Å². The van der Waals surface area contributed by atoms with Crippen molar-refractivity contribution in [2.75, 3.05) is 0 Å². The molecule has 0 spiro atoms. The van der Waals surface area contributed by atoms with Crippen molar-refractivity contribution in [2.24, 2.45) is 5.92 Å². The normalized spacial score (nSPS) is 38.6. The van der Waals surface area contributed by atoms with Crippen LogP contribution in [0.4, 0.5) is 0 Å². The molecule has 0 aromatic heterocycles. The van der Waals surface area contributed by atoms with Crippen LogP contribution in [0.2, 0.25) is 0 Å². The summed E-state index contributed by atoms with van der Waals surface area (Å²) >= 11 is 0. The Bertz CT molecular complexity index is 413. The molecule has 2 bridgehead atoms. The lowest BCUT2D eigenvalue weighted by Gasteiger charge is -2.40. The number of ether oxygens (including phenoxy) is 1. The predicted molar refractivity (Wildman–Crippen MR) is 63.1 cm³/mol. The number of carbonyl (C=O) groups excluding carboxylic acids is 2. The molecule has 0 aromatic rings. The fourth-order valence-electron chi connectivity index (χ4n) is 3.45. The molecule has 0 radical (unpaired) electrons. The first kappa shape index (κ1) is 12.6. The van der Waals surface area contributed by atoms with Crippen LogP contribution in [0.3, 0.4) is 0 Å².